The first-order valence-electron chi connectivity index (χ1n) is 3.66. The van der Waals surface area contributed by atoms with E-state index in [9.17, 15) is 0 Å². The Morgan fingerprint density at radius 1 is 1.20 bits per heavy atom. The number of ether oxygens (including phenoxy) is 2. The van der Waals surface area contributed by atoms with Gasteiger partial charge in [-0.1, -0.05) is 0 Å². The fraction of sp³-hybridized carbons (Fsp3) is 1.00. The lowest BCUT2D eigenvalue weighted by molar-refractivity contribution is 0.00867. The molecule has 0 aromatic heterocycles. The van der Waals surface area contributed by atoms with Crippen LogP contribution in [-0.4, -0.2) is 26.4 Å². The first-order chi connectivity index (χ1) is 4.62. The Bertz CT molecular complexity index is 79.3. The van der Waals surface area contributed by atoms with Crippen LogP contribution in [-0.2, 0) is 9.47 Å². The van der Waals surface area contributed by atoms with Crippen molar-refractivity contribution in [1.82, 2.24) is 0 Å². The smallest absolute Gasteiger partial charge is 0.0623 e. The Morgan fingerprint density at radius 2 is 1.80 bits per heavy atom. The summed E-state index contributed by atoms with van der Waals surface area (Å²) in [7, 11) is 3.46. The van der Waals surface area contributed by atoms with E-state index in [0.717, 1.165) is 19.4 Å². The van der Waals surface area contributed by atoms with E-state index in [1.54, 1.807) is 14.2 Å². The Kier molecular flexibility index (Phi) is 4.65. The number of methoxy groups -OCH3 is 2. The van der Waals surface area contributed by atoms with Gasteiger partial charge in [0.2, 0.25) is 0 Å². The van der Waals surface area contributed by atoms with E-state index in [1.807, 2.05) is 0 Å². The molecule has 0 spiro atoms. The summed E-state index contributed by atoms with van der Waals surface area (Å²) in [6, 6.07) is 0. The molecule has 0 rings (SSSR count). The van der Waals surface area contributed by atoms with E-state index in [2.05, 4.69) is 13.8 Å². The first-order valence-corrected chi connectivity index (χ1v) is 3.66. The van der Waals surface area contributed by atoms with Gasteiger partial charge in [-0.15, -0.1) is 0 Å². The van der Waals surface area contributed by atoms with Gasteiger partial charge in [0, 0.05) is 20.8 Å². The van der Waals surface area contributed by atoms with Crippen LogP contribution in [0.1, 0.15) is 26.7 Å². The molecule has 0 aliphatic carbocycles. The summed E-state index contributed by atoms with van der Waals surface area (Å²) in [5.41, 5.74) is 0.0124. The average Bonchev–Trinajstić information content (AvgIpc) is 1.89. The van der Waals surface area contributed by atoms with E-state index >= 15 is 0 Å². The summed E-state index contributed by atoms with van der Waals surface area (Å²) in [5, 5.41) is 0. The van der Waals surface area contributed by atoms with Crippen LogP contribution in [0.2, 0.25) is 0 Å². The van der Waals surface area contributed by atoms with Crippen LogP contribution in [0.5, 0.6) is 0 Å². The highest BCUT2D eigenvalue weighted by Gasteiger charge is 2.14. The monoisotopic (exact) mass is 146 g/mol. The summed E-state index contributed by atoms with van der Waals surface area (Å²) in [6.45, 7) is 5.00. The third-order valence-electron chi connectivity index (χ3n) is 1.68. The van der Waals surface area contributed by atoms with Gasteiger partial charge in [-0.2, -0.15) is 0 Å². The molecule has 2 heteroatoms. The van der Waals surface area contributed by atoms with Crippen LogP contribution in [0.4, 0.5) is 0 Å². The van der Waals surface area contributed by atoms with Gasteiger partial charge in [-0.25, -0.2) is 0 Å². The van der Waals surface area contributed by atoms with Crippen LogP contribution in [0.25, 0.3) is 0 Å². The van der Waals surface area contributed by atoms with Gasteiger partial charge in [0.25, 0.3) is 0 Å². The third kappa shape index (κ3) is 4.77. The second kappa shape index (κ2) is 4.69. The molecule has 0 amide bonds. The standard InChI is InChI=1S/C8H18O2/c1-8(2,10-4)6-5-7-9-3/h5-7H2,1-4H3. The normalized spacial score (nSPS) is 12.0. The van der Waals surface area contributed by atoms with Gasteiger partial charge in [0.05, 0.1) is 5.60 Å². The van der Waals surface area contributed by atoms with Gasteiger partial charge in [-0.05, 0) is 26.7 Å². The maximum atomic E-state index is 5.23. The molecule has 0 saturated heterocycles. The molecule has 0 saturated carbocycles. The zero-order valence-corrected chi connectivity index (χ0v) is 7.44. The first kappa shape index (κ1) is 9.92. The summed E-state index contributed by atoms with van der Waals surface area (Å²) >= 11 is 0. The maximum absolute atomic E-state index is 5.23. The summed E-state index contributed by atoms with van der Waals surface area (Å²) in [5.74, 6) is 0. The van der Waals surface area contributed by atoms with Gasteiger partial charge in [0.1, 0.15) is 0 Å². The van der Waals surface area contributed by atoms with Gasteiger partial charge < -0.3 is 9.47 Å². The predicted molar refractivity (Wildman–Crippen MR) is 42.2 cm³/mol. The highest BCUT2D eigenvalue weighted by Crippen LogP contribution is 2.14. The number of rotatable bonds is 5. The second-order valence-corrected chi connectivity index (χ2v) is 3.06. The van der Waals surface area contributed by atoms with Crippen molar-refractivity contribution in [3.8, 4) is 0 Å². The SMILES string of the molecule is COCCCC(C)(C)OC. The van der Waals surface area contributed by atoms with Crippen molar-refractivity contribution in [1.29, 1.82) is 0 Å². The van der Waals surface area contributed by atoms with Crippen molar-refractivity contribution in [2.24, 2.45) is 0 Å². The lowest BCUT2D eigenvalue weighted by Crippen LogP contribution is -2.22. The topological polar surface area (TPSA) is 18.5 Å². The van der Waals surface area contributed by atoms with E-state index in [0.29, 0.717) is 0 Å². The summed E-state index contributed by atoms with van der Waals surface area (Å²) in [4.78, 5) is 0. The molecule has 0 aromatic rings. The molecule has 0 aliphatic rings. The van der Waals surface area contributed by atoms with Gasteiger partial charge in [-0.3, -0.25) is 0 Å². The zero-order valence-electron chi connectivity index (χ0n) is 7.44. The molecule has 2 nitrogen and oxygen atoms in total. The molecule has 0 heterocycles. The van der Waals surface area contributed by atoms with Crippen LogP contribution in [0, 0.1) is 0 Å². The summed E-state index contributed by atoms with van der Waals surface area (Å²) in [6.07, 6.45) is 2.12. The van der Waals surface area contributed by atoms with Gasteiger partial charge >= 0.3 is 0 Å². The lowest BCUT2D eigenvalue weighted by atomic mass is 10.0. The molecule has 10 heavy (non-hydrogen) atoms. The Hall–Kier alpha value is -0.0800. The maximum Gasteiger partial charge on any atom is 0.0623 e. The van der Waals surface area contributed by atoms with E-state index in [1.165, 1.54) is 0 Å². The molecule has 0 unspecified atom stereocenters. The molecular weight excluding hydrogens is 128 g/mol. The van der Waals surface area contributed by atoms with Crippen LogP contribution >= 0.6 is 0 Å². The summed E-state index contributed by atoms with van der Waals surface area (Å²) < 4.78 is 10.2. The minimum absolute atomic E-state index is 0.0124. The minimum Gasteiger partial charge on any atom is -0.385 e. The minimum atomic E-state index is 0.0124. The molecule has 0 radical (unpaired) electrons. The molecule has 0 atom stereocenters. The molecule has 0 N–H and O–H groups in total. The van der Waals surface area contributed by atoms with E-state index < -0.39 is 0 Å². The van der Waals surface area contributed by atoms with Crippen molar-refractivity contribution in [2.45, 2.75) is 32.3 Å². The zero-order chi connectivity index (χ0) is 8.04. The van der Waals surface area contributed by atoms with Crippen molar-refractivity contribution >= 4 is 0 Å². The quantitative estimate of drug-likeness (QED) is 0.551. The second-order valence-electron chi connectivity index (χ2n) is 3.06. The number of hydrogen-bond donors (Lipinski definition) is 0. The molecule has 0 aromatic carbocycles. The van der Waals surface area contributed by atoms with Crippen LogP contribution in [0.15, 0.2) is 0 Å². The largest absolute Gasteiger partial charge is 0.385 e. The lowest BCUT2D eigenvalue weighted by Gasteiger charge is -2.22. The highest BCUT2D eigenvalue weighted by atomic mass is 16.5. The van der Waals surface area contributed by atoms with Crippen molar-refractivity contribution in [2.75, 3.05) is 20.8 Å². The molecule has 62 valence electrons. The van der Waals surface area contributed by atoms with Crippen molar-refractivity contribution < 1.29 is 9.47 Å². The Balaban J connectivity index is 3.28. The van der Waals surface area contributed by atoms with Crippen molar-refractivity contribution in [3.63, 3.8) is 0 Å². The third-order valence-corrected chi connectivity index (χ3v) is 1.68. The highest BCUT2D eigenvalue weighted by molar-refractivity contribution is 4.66. The Morgan fingerprint density at radius 3 is 2.20 bits per heavy atom. The fourth-order valence-corrected chi connectivity index (χ4v) is 0.744. The molecule has 0 bridgehead atoms. The molecule has 0 fully saturated rings. The van der Waals surface area contributed by atoms with Crippen LogP contribution < -0.4 is 0 Å². The van der Waals surface area contributed by atoms with Crippen LogP contribution in [0.3, 0.4) is 0 Å². The number of hydrogen-bond acceptors (Lipinski definition) is 2. The van der Waals surface area contributed by atoms with Crippen molar-refractivity contribution in [3.05, 3.63) is 0 Å². The van der Waals surface area contributed by atoms with E-state index in [4.69, 9.17) is 9.47 Å². The average molecular weight is 146 g/mol. The Labute approximate surface area is 63.5 Å². The van der Waals surface area contributed by atoms with Gasteiger partial charge in [0.15, 0.2) is 0 Å². The molecule has 0 aliphatic heterocycles. The fourth-order valence-electron chi connectivity index (χ4n) is 0.744. The molecular formula is C8H18O2. The predicted octanol–water partition coefficient (Wildman–Crippen LogP) is 1.84. The van der Waals surface area contributed by atoms with E-state index in [-0.39, 0.29) is 5.60 Å².